The molecule has 0 aliphatic rings. The lowest BCUT2D eigenvalue weighted by molar-refractivity contribution is 0.0937. The highest BCUT2D eigenvalue weighted by atomic mass is 32.1. The molecule has 0 saturated carbocycles. The highest BCUT2D eigenvalue weighted by molar-refractivity contribution is 7.13. The Kier molecular flexibility index (Phi) is 7.89. The Morgan fingerprint density at radius 2 is 1.74 bits per heavy atom. The van der Waals surface area contributed by atoms with Crippen molar-refractivity contribution in [3.05, 3.63) is 75.7 Å². The second kappa shape index (κ2) is 10.8. The molecule has 0 aliphatic heterocycles. The average Bonchev–Trinajstić information content (AvgIpc) is 3.21. The van der Waals surface area contributed by atoms with Crippen LogP contribution in [0, 0.1) is 5.92 Å². The van der Waals surface area contributed by atoms with E-state index in [1.807, 2.05) is 25.1 Å². The zero-order valence-corrected chi connectivity index (χ0v) is 18.9. The van der Waals surface area contributed by atoms with Crippen LogP contribution in [0.4, 0.5) is 5.69 Å². The summed E-state index contributed by atoms with van der Waals surface area (Å²) in [6.45, 7) is 6.19. The minimum absolute atomic E-state index is 0.0340. The van der Waals surface area contributed by atoms with Crippen LogP contribution in [0.15, 0.2) is 54.6 Å². The summed E-state index contributed by atoms with van der Waals surface area (Å²) in [6, 6.07) is 17.2. The number of aryl methyl sites for hydroxylation is 1. The van der Waals surface area contributed by atoms with Crippen LogP contribution in [0.2, 0.25) is 0 Å². The van der Waals surface area contributed by atoms with Crippen LogP contribution in [-0.4, -0.2) is 28.1 Å². The monoisotopic (exact) mass is 436 g/mol. The van der Waals surface area contributed by atoms with E-state index in [0.717, 1.165) is 24.3 Å². The van der Waals surface area contributed by atoms with Gasteiger partial charge in [0.2, 0.25) is 5.01 Å². The van der Waals surface area contributed by atoms with E-state index in [0.29, 0.717) is 22.2 Å². The molecule has 0 bridgehead atoms. The van der Waals surface area contributed by atoms with E-state index in [2.05, 4.69) is 46.8 Å². The predicted molar refractivity (Wildman–Crippen MR) is 125 cm³/mol. The molecular formula is C24H28N4O2S. The number of benzene rings is 2. The van der Waals surface area contributed by atoms with Crippen molar-refractivity contribution in [1.82, 2.24) is 15.5 Å². The third-order valence-electron chi connectivity index (χ3n) is 4.71. The highest BCUT2D eigenvalue weighted by Crippen LogP contribution is 2.17. The van der Waals surface area contributed by atoms with E-state index < -0.39 is 0 Å². The van der Waals surface area contributed by atoms with Gasteiger partial charge in [-0.25, -0.2) is 0 Å². The molecule has 0 radical (unpaired) electrons. The topological polar surface area (TPSA) is 84.0 Å². The first-order valence-electron chi connectivity index (χ1n) is 10.5. The summed E-state index contributed by atoms with van der Waals surface area (Å²) in [5, 5.41) is 15.1. The Labute approximate surface area is 187 Å². The molecule has 0 saturated heterocycles. The normalized spacial score (nSPS) is 11.9. The number of anilines is 1. The maximum atomic E-state index is 12.6. The molecule has 162 valence electrons. The van der Waals surface area contributed by atoms with Gasteiger partial charge in [-0.15, -0.1) is 10.2 Å². The first-order chi connectivity index (χ1) is 14.9. The summed E-state index contributed by atoms with van der Waals surface area (Å²) in [7, 11) is 0. The Bertz CT molecular complexity index is 1020. The summed E-state index contributed by atoms with van der Waals surface area (Å²) < 4.78 is 0. The van der Waals surface area contributed by atoms with E-state index in [-0.39, 0.29) is 17.9 Å². The molecule has 2 amide bonds. The van der Waals surface area contributed by atoms with Crippen molar-refractivity contribution in [3.63, 3.8) is 0 Å². The van der Waals surface area contributed by atoms with Crippen LogP contribution < -0.4 is 10.6 Å². The van der Waals surface area contributed by atoms with Crippen molar-refractivity contribution in [3.8, 4) is 0 Å². The second-order valence-electron chi connectivity index (χ2n) is 8.03. The van der Waals surface area contributed by atoms with E-state index in [9.17, 15) is 9.59 Å². The van der Waals surface area contributed by atoms with Crippen molar-refractivity contribution < 1.29 is 9.59 Å². The van der Waals surface area contributed by atoms with Crippen molar-refractivity contribution >= 4 is 28.8 Å². The summed E-state index contributed by atoms with van der Waals surface area (Å²) in [5.74, 6) is -0.0257. The molecule has 0 fully saturated rings. The van der Waals surface area contributed by atoms with Crippen LogP contribution in [0.3, 0.4) is 0 Å². The van der Waals surface area contributed by atoms with Gasteiger partial charge < -0.3 is 10.6 Å². The molecule has 2 aromatic carbocycles. The molecule has 7 heteroatoms. The van der Waals surface area contributed by atoms with Crippen LogP contribution in [-0.2, 0) is 12.8 Å². The SMILES string of the molecule is CC(C)Cc1nnc(C(=O)Nc2cccc(C(=O)N[C@@H](C)CCc3ccccc3)c2)s1. The fourth-order valence-corrected chi connectivity index (χ4v) is 4.05. The zero-order chi connectivity index (χ0) is 22.2. The van der Waals surface area contributed by atoms with Gasteiger partial charge in [0, 0.05) is 23.7 Å². The third kappa shape index (κ3) is 7.00. The van der Waals surface area contributed by atoms with Crippen molar-refractivity contribution in [2.24, 2.45) is 5.92 Å². The van der Waals surface area contributed by atoms with Gasteiger partial charge in [-0.05, 0) is 49.4 Å². The number of hydrogen-bond donors (Lipinski definition) is 2. The van der Waals surface area contributed by atoms with Crippen molar-refractivity contribution in [2.75, 3.05) is 5.32 Å². The van der Waals surface area contributed by atoms with Gasteiger partial charge in [0.15, 0.2) is 0 Å². The van der Waals surface area contributed by atoms with Gasteiger partial charge in [-0.3, -0.25) is 9.59 Å². The summed E-state index contributed by atoms with van der Waals surface area (Å²) in [4.78, 5) is 25.1. The number of aromatic nitrogens is 2. The first kappa shape index (κ1) is 22.6. The highest BCUT2D eigenvalue weighted by Gasteiger charge is 2.15. The molecule has 0 aliphatic carbocycles. The van der Waals surface area contributed by atoms with Crippen molar-refractivity contribution in [1.29, 1.82) is 0 Å². The van der Waals surface area contributed by atoms with Crippen LogP contribution in [0.1, 0.15) is 57.9 Å². The van der Waals surface area contributed by atoms with Gasteiger partial charge in [-0.2, -0.15) is 0 Å². The Balaban J connectivity index is 1.55. The smallest absolute Gasteiger partial charge is 0.286 e. The number of rotatable bonds is 9. The maximum absolute atomic E-state index is 12.6. The Morgan fingerprint density at radius 3 is 2.48 bits per heavy atom. The predicted octanol–water partition coefficient (Wildman–Crippen LogP) is 4.74. The Morgan fingerprint density at radius 1 is 0.968 bits per heavy atom. The standard InChI is InChI=1S/C24H28N4O2S/c1-16(2)14-21-27-28-24(31-21)23(30)26-20-11-7-10-19(15-20)22(29)25-17(3)12-13-18-8-5-4-6-9-18/h4-11,15-17H,12-14H2,1-3H3,(H,25,29)(H,26,30)/t17-/m0/s1. The average molecular weight is 437 g/mol. The molecule has 1 heterocycles. The minimum atomic E-state index is -0.318. The number of carbonyl (C=O) groups excluding carboxylic acids is 2. The fraction of sp³-hybridized carbons (Fsp3) is 0.333. The lowest BCUT2D eigenvalue weighted by Gasteiger charge is -2.14. The van der Waals surface area contributed by atoms with E-state index in [4.69, 9.17) is 0 Å². The number of nitrogens with one attached hydrogen (secondary N) is 2. The number of carbonyl (C=O) groups is 2. The molecule has 0 spiro atoms. The summed E-state index contributed by atoms with van der Waals surface area (Å²) in [6.07, 6.45) is 2.55. The van der Waals surface area contributed by atoms with Crippen molar-refractivity contribution in [2.45, 2.75) is 46.1 Å². The van der Waals surface area contributed by atoms with Gasteiger partial charge in [0.1, 0.15) is 5.01 Å². The summed E-state index contributed by atoms with van der Waals surface area (Å²) >= 11 is 1.30. The number of amides is 2. The lowest BCUT2D eigenvalue weighted by Crippen LogP contribution is -2.32. The summed E-state index contributed by atoms with van der Waals surface area (Å²) in [5.41, 5.74) is 2.30. The zero-order valence-electron chi connectivity index (χ0n) is 18.1. The molecule has 6 nitrogen and oxygen atoms in total. The fourth-order valence-electron chi connectivity index (χ4n) is 3.11. The van der Waals surface area contributed by atoms with Crippen LogP contribution in [0.5, 0.6) is 0 Å². The molecule has 31 heavy (non-hydrogen) atoms. The third-order valence-corrected chi connectivity index (χ3v) is 5.66. The minimum Gasteiger partial charge on any atom is -0.350 e. The number of hydrogen-bond acceptors (Lipinski definition) is 5. The van der Waals surface area contributed by atoms with Gasteiger partial charge >= 0.3 is 0 Å². The van der Waals surface area contributed by atoms with Gasteiger partial charge in [0.25, 0.3) is 11.8 Å². The molecule has 1 atom stereocenters. The van der Waals surface area contributed by atoms with Crippen LogP contribution >= 0.6 is 11.3 Å². The molecule has 0 unspecified atom stereocenters. The second-order valence-corrected chi connectivity index (χ2v) is 9.09. The Hall–Kier alpha value is -3.06. The van der Waals surface area contributed by atoms with Gasteiger partial charge in [-0.1, -0.05) is 61.6 Å². The maximum Gasteiger partial charge on any atom is 0.286 e. The quantitative estimate of drug-likeness (QED) is 0.507. The lowest BCUT2D eigenvalue weighted by atomic mass is 10.1. The van der Waals surface area contributed by atoms with E-state index >= 15 is 0 Å². The van der Waals surface area contributed by atoms with Crippen LogP contribution in [0.25, 0.3) is 0 Å². The first-order valence-corrected chi connectivity index (χ1v) is 11.3. The molecular weight excluding hydrogens is 408 g/mol. The van der Waals surface area contributed by atoms with E-state index in [1.165, 1.54) is 16.9 Å². The molecule has 3 aromatic rings. The van der Waals surface area contributed by atoms with Gasteiger partial charge in [0.05, 0.1) is 0 Å². The largest absolute Gasteiger partial charge is 0.350 e. The molecule has 1 aromatic heterocycles. The molecule has 2 N–H and O–H groups in total. The molecule has 3 rings (SSSR count). The van der Waals surface area contributed by atoms with E-state index in [1.54, 1.807) is 24.3 Å². The number of nitrogens with zero attached hydrogens (tertiary/aromatic N) is 2.